The maximum atomic E-state index is 11.9. The van der Waals surface area contributed by atoms with Crippen LogP contribution in [0, 0.1) is 6.92 Å². The number of benzene rings is 1. The molecule has 106 valence electrons. The fourth-order valence-corrected chi connectivity index (χ4v) is 2.06. The molecule has 0 saturated heterocycles. The van der Waals surface area contributed by atoms with E-state index in [1.807, 2.05) is 6.92 Å². The molecule has 0 spiro atoms. The molecule has 1 heterocycles. The van der Waals surface area contributed by atoms with Gasteiger partial charge in [0, 0.05) is 0 Å². The number of aryl methyl sites for hydroxylation is 1. The van der Waals surface area contributed by atoms with Gasteiger partial charge in [-0.1, -0.05) is 11.3 Å². The van der Waals surface area contributed by atoms with Gasteiger partial charge in [-0.05, 0) is 38.1 Å². The highest BCUT2D eigenvalue weighted by Gasteiger charge is 2.16. The van der Waals surface area contributed by atoms with Crippen LogP contribution in [0.2, 0.25) is 0 Å². The number of hydrogen-bond acceptors (Lipinski definition) is 6. The smallest absolute Gasteiger partial charge is 0.266 e. The highest BCUT2D eigenvalue weighted by Crippen LogP contribution is 2.19. The van der Waals surface area contributed by atoms with Crippen molar-refractivity contribution in [2.45, 2.75) is 20.0 Å². The first-order valence-electron chi connectivity index (χ1n) is 6.00. The number of amides is 1. The number of carbonyl (C=O) groups excluding carboxylic acids is 1. The predicted octanol–water partition coefficient (Wildman–Crippen LogP) is 2.26. The second-order valence-electron chi connectivity index (χ2n) is 4.05. The Morgan fingerprint density at radius 2 is 1.90 bits per heavy atom. The minimum absolute atomic E-state index is 0.267. The van der Waals surface area contributed by atoms with E-state index >= 15 is 0 Å². The first-order chi connectivity index (χ1) is 9.58. The molecule has 0 radical (unpaired) electrons. The van der Waals surface area contributed by atoms with E-state index in [-0.39, 0.29) is 5.91 Å². The molecule has 1 atom stereocenters. The van der Waals surface area contributed by atoms with E-state index in [1.54, 1.807) is 38.3 Å². The molecule has 1 aromatic heterocycles. The van der Waals surface area contributed by atoms with Crippen molar-refractivity contribution in [3.05, 3.63) is 29.3 Å². The summed E-state index contributed by atoms with van der Waals surface area (Å²) in [7, 11) is 1.59. The molecule has 2 aromatic rings. The lowest BCUT2D eigenvalue weighted by molar-refractivity contribution is -0.122. The van der Waals surface area contributed by atoms with Crippen LogP contribution >= 0.6 is 11.3 Å². The van der Waals surface area contributed by atoms with Crippen molar-refractivity contribution in [1.82, 2.24) is 10.2 Å². The highest BCUT2D eigenvalue weighted by atomic mass is 32.1. The maximum Gasteiger partial charge on any atom is 0.266 e. The van der Waals surface area contributed by atoms with Gasteiger partial charge in [0.15, 0.2) is 6.10 Å². The van der Waals surface area contributed by atoms with Gasteiger partial charge >= 0.3 is 0 Å². The van der Waals surface area contributed by atoms with Crippen LogP contribution in [0.5, 0.6) is 11.5 Å². The van der Waals surface area contributed by atoms with Gasteiger partial charge in [0.05, 0.1) is 7.11 Å². The summed E-state index contributed by atoms with van der Waals surface area (Å²) in [5.74, 6) is 1.07. The standard InChI is InChI=1S/C13H15N3O3S/c1-8(12(17)14-13-16-15-9(2)20-13)19-11-6-4-10(18-3)5-7-11/h4-8H,1-3H3,(H,14,16,17). The van der Waals surface area contributed by atoms with Crippen molar-refractivity contribution in [2.24, 2.45) is 0 Å². The summed E-state index contributed by atoms with van der Waals surface area (Å²) < 4.78 is 10.6. The Kier molecular flexibility index (Phi) is 4.52. The van der Waals surface area contributed by atoms with Gasteiger partial charge in [-0.3, -0.25) is 10.1 Å². The fourth-order valence-electron chi connectivity index (χ4n) is 1.47. The second-order valence-corrected chi connectivity index (χ2v) is 5.23. The Balaban J connectivity index is 1.92. The Morgan fingerprint density at radius 1 is 1.25 bits per heavy atom. The topological polar surface area (TPSA) is 73.3 Å². The number of hydrogen-bond donors (Lipinski definition) is 1. The van der Waals surface area contributed by atoms with E-state index in [9.17, 15) is 4.79 Å². The molecule has 6 nitrogen and oxygen atoms in total. The van der Waals surface area contributed by atoms with Crippen molar-refractivity contribution in [3.63, 3.8) is 0 Å². The largest absolute Gasteiger partial charge is 0.497 e. The Labute approximate surface area is 120 Å². The van der Waals surface area contributed by atoms with Gasteiger partial charge in [0.25, 0.3) is 5.91 Å². The monoisotopic (exact) mass is 293 g/mol. The van der Waals surface area contributed by atoms with Crippen LogP contribution in [-0.4, -0.2) is 29.3 Å². The fraction of sp³-hybridized carbons (Fsp3) is 0.308. The summed E-state index contributed by atoms with van der Waals surface area (Å²) in [5, 5.41) is 11.6. The van der Waals surface area contributed by atoms with E-state index in [2.05, 4.69) is 15.5 Å². The number of carbonyl (C=O) groups is 1. The average Bonchev–Trinajstić information content (AvgIpc) is 2.85. The molecule has 2 rings (SSSR count). The second kappa shape index (κ2) is 6.33. The zero-order valence-corrected chi connectivity index (χ0v) is 12.2. The maximum absolute atomic E-state index is 11.9. The minimum Gasteiger partial charge on any atom is -0.497 e. The summed E-state index contributed by atoms with van der Waals surface area (Å²) in [6.45, 7) is 3.50. The Morgan fingerprint density at radius 3 is 2.45 bits per heavy atom. The third-order valence-corrected chi connectivity index (χ3v) is 3.25. The number of nitrogens with one attached hydrogen (secondary N) is 1. The van der Waals surface area contributed by atoms with E-state index in [0.29, 0.717) is 10.9 Å². The first kappa shape index (κ1) is 14.3. The van der Waals surface area contributed by atoms with E-state index in [0.717, 1.165) is 10.8 Å². The van der Waals surface area contributed by atoms with Crippen LogP contribution in [-0.2, 0) is 4.79 Å². The predicted molar refractivity (Wildman–Crippen MR) is 76.4 cm³/mol. The summed E-state index contributed by atoms with van der Waals surface area (Å²) in [6, 6.07) is 7.04. The molecule has 0 aliphatic carbocycles. The Hall–Kier alpha value is -2.15. The van der Waals surface area contributed by atoms with Gasteiger partial charge < -0.3 is 9.47 Å². The van der Waals surface area contributed by atoms with Crippen molar-refractivity contribution >= 4 is 22.4 Å². The SMILES string of the molecule is COc1ccc(OC(C)C(=O)Nc2nnc(C)s2)cc1. The summed E-state index contributed by atoms with van der Waals surface area (Å²) >= 11 is 1.32. The number of methoxy groups -OCH3 is 1. The van der Waals surface area contributed by atoms with Gasteiger partial charge in [-0.2, -0.15) is 0 Å². The van der Waals surface area contributed by atoms with Gasteiger partial charge in [0.2, 0.25) is 5.13 Å². The number of ether oxygens (including phenoxy) is 2. The normalized spacial score (nSPS) is 11.8. The van der Waals surface area contributed by atoms with Crippen LogP contribution < -0.4 is 14.8 Å². The molecule has 1 N–H and O–H groups in total. The van der Waals surface area contributed by atoms with E-state index < -0.39 is 6.10 Å². The number of aromatic nitrogens is 2. The molecule has 0 saturated carbocycles. The molecule has 0 aliphatic rings. The molecule has 1 aromatic carbocycles. The van der Waals surface area contributed by atoms with Gasteiger partial charge in [-0.15, -0.1) is 10.2 Å². The van der Waals surface area contributed by atoms with Gasteiger partial charge in [0.1, 0.15) is 16.5 Å². The van der Waals surface area contributed by atoms with E-state index in [4.69, 9.17) is 9.47 Å². The first-order valence-corrected chi connectivity index (χ1v) is 6.82. The number of nitrogens with zero attached hydrogens (tertiary/aromatic N) is 2. The summed E-state index contributed by atoms with van der Waals surface area (Å²) in [5.41, 5.74) is 0. The summed E-state index contributed by atoms with van der Waals surface area (Å²) in [6.07, 6.45) is -0.632. The number of rotatable bonds is 5. The molecule has 20 heavy (non-hydrogen) atoms. The molecule has 0 aliphatic heterocycles. The molecule has 1 amide bonds. The van der Waals surface area contributed by atoms with Crippen molar-refractivity contribution in [3.8, 4) is 11.5 Å². The zero-order valence-electron chi connectivity index (χ0n) is 11.4. The van der Waals surface area contributed by atoms with Crippen molar-refractivity contribution < 1.29 is 14.3 Å². The van der Waals surface area contributed by atoms with Crippen LogP contribution in [0.25, 0.3) is 0 Å². The lowest BCUT2D eigenvalue weighted by Crippen LogP contribution is -2.30. The van der Waals surface area contributed by atoms with Crippen LogP contribution in [0.4, 0.5) is 5.13 Å². The van der Waals surface area contributed by atoms with Gasteiger partial charge in [-0.25, -0.2) is 0 Å². The van der Waals surface area contributed by atoms with E-state index in [1.165, 1.54) is 11.3 Å². The molecule has 0 fully saturated rings. The van der Waals surface area contributed by atoms with Crippen LogP contribution in [0.15, 0.2) is 24.3 Å². The molecular weight excluding hydrogens is 278 g/mol. The number of anilines is 1. The van der Waals surface area contributed by atoms with Crippen LogP contribution in [0.3, 0.4) is 0 Å². The lowest BCUT2D eigenvalue weighted by atomic mass is 10.3. The van der Waals surface area contributed by atoms with Crippen molar-refractivity contribution in [2.75, 3.05) is 12.4 Å². The molecule has 0 bridgehead atoms. The average molecular weight is 293 g/mol. The highest BCUT2D eigenvalue weighted by molar-refractivity contribution is 7.15. The van der Waals surface area contributed by atoms with Crippen molar-refractivity contribution in [1.29, 1.82) is 0 Å². The quantitative estimate of drug-likeness (QED) is 0.915. The molecule has 7 heteroatoms. The third kappa shape index (κ3) is 3.67. The molecular formula is C13H15N3O3S. The Bertz CT molecular complexity index is 583. The van der Waals surface area contributed by atoms with Crippen LogP contribution in [0.1, 0.15) is 11.9 Å². The zero-order chi connectivity index (χ0) is 14.5. The lowest BCUT2D eigenvalue weighted by Gasteiger charge is -2.13. The molecule has 1 unspecified atom stereocenters. The minimum atomic E-state index is -0.632. The summed E-state index contributed by atoms with van der Waals surface area (Å²) in [4.78, 5) is 11.9. The third-order valence-electron chi connectivity index (χ3n) is 2.50.